The van der Waals surface area contributed by atoms with Crippen LogP contribution >= 0.6 is 11.8 Å². The third-order valence-corrected chi connectivity index (χ3v) is 6.48. The molecular formula is C29H32N4O5S. The molecule has 0 spiro atoms. The van der Waals surface area contributed by atoms with Crippen LogP contribution in [0, 0.1) is 20.9 Å². The van der Waals surface area contributed by atoms with Crippen molar-refractivity contribution in [3.05, 3.63) is 82.4 Å². The number of non-ortho nitro benzene ring substituents is 1. The maximum Gasteiger partial charge on any atom is 0.269 e. The van der Waals surface area contributed by atoms with Crippen molar-refractivity contribution in [2.75, 3.05) is 16.0 Å². The molecule has 3 N–H and O–H groups in total. The van der Waals surface area contributed by atoms with Gasteiger partial charge >= 0.3 is 0 Å². The standard InChI is InChI=1S/C29H32N4O5S/c1-28(2,3)26(35)31-20-15-18(16-21(17-20)32-27(36)29(4,5)6)25(34)30-19-7-11-23(12-8-19)39-24-13-9-22(10-14-24)33(37)38/h7-17H,1-6H3,(H,30,34)(H,31,35)(H,32,36). The number of benzene rings is 3. The molecule has 3 aromatic rings. The summed E-state index contributed by atoms with van der Waals surface area (Å²) >= 11 is 1.44. The number of nitrogens with one attached hydrogen (secondary N) is 3. The van der Waals surface area contributed by atoms with Gasteiger partial charge in [-0.25, -0.2) is 0 Å². The van der Waals surface area contributed by atoms with Gasteiger partial charge in [0.2, 0.25) is 11.8 Å². The molecule has 9 nitrogen and oxygen atoms in total. The van der Waals surface area contributed by atoms with E-state index in [1.807, 2.05) is 12.1 Å². The molecule has 10 heteroatoms. The average Bonchev–Trinajstić information content (AvgIpc) is 2.84. The summed E-state index contributed by atoms with van der Waals surface area (Å²) in [6.07, 6.45) is 0. The molecule has 0 aromatic heterocycles. The quantitative estimate of drug-likeness (QED) is 0.216. The maximum atomic E-state index is 13.2. The van der Waals surface area contributed by atoms with Crippen LogP contribution in [0.25, 0.3) is 0 Å². The fourth-order valence-corrected chi connectivity index (χ4v) is 3.94. The number of nitro benzene ring substituents is 1. The lowest BCUT2D eigenvalue weighted by Crippen LogP contribution is -2.29. The van der Waals surface area contributed by atoms with E-state index in [2.05, 4.69) is 16.0 Å². The molecule has 0 heterocycles. The second-order valence-electron chi connectivity index (χ2n) is 11.0. The van der Waals surface area contributed by atoms with Gasteiger partial charge in [0.1, 0.15) is 0 Å². The van der Waals surface area contributed by atoms with E-state index in [0.29, 0.717) is 17.1 Å². The van der Waals surface area contributed by atoms with E-state index < -0.39 is 21.7 Å². The number of hydrogen-bond acceptors (Lipinski definition) is 6. The Morgan fingerprint density at radius 2 is 1.10 bits per heavy atom. The first-order chi connectivity index (χ1) is 18.1. The molecule has 0 saturated heterocycles. The number of amides is 3. The SMILES string of the molecule is CC(C)(C)C(=O)Nc1cc(NC(=O)C(C)(C)C)cc(C(=O)Nc2ccc(Sc3ccc([N+](=O)[O-])cc3)cc2)c1. The molecule has 0 unspecified atom stereocenters. The smallest absolute Gasteiger partial charge is 0.269 e. The van der Waals surface area contributed by atoms with Crippen LogP contribution in [-0.4, -0.2) is 22.6 Å². The number of nitrogens with zero attached hydrogens (tertiary/aromatic N) is 1. The molecule has 0 radical (unpaired) electrons. The lowest BCUT2D eigenvalue weighted by Gasteiger charge is -2.20. The highest BCUT2D eigenvalue weighted by molar-refractivity contribution is 7.99. The maximum absolute atomic E-state index is 13.2. The lowest BCUT2D eigenvalue weighted by atomic mass is 9.95. The van der Waals surface area contributed by atoms with E-state index in [1.54, 1.807) is 84.0 Å². The van der Waals surface area contributed by atoms with Crippen LogP contribution in [0.2, 0.25) is 0 Å². The van der Waals surface area contributed by atoms with Gasteiger partial charge in [-0.1, -0.05) is 53.3 Å². The molecule has 204 valence electrons. The van der Waals surface area contributed by atoms with Crippen molar-refractivity contribution in [3.8, 4) is 0 Å². The summed E-state index contributed by atoms with van der Waals surface area (Å²) in [5.41, 5.74) is 0.319. The zero-order valence-corrected chi connectivity index (χ0v) is 23.6. The molecule has 0 aliphatic heterocycles. The highest BCUT2D eigenvalue weighted by atomic mass is 32.2. The second-order valence-corrected chi connectivity index (χ2v) is 12.2. The van der Waals surface area contributed by atoms with Gasteiger partial charge < -0.3 is 16.0 Å². The fraction of sp³-hybridized carbons (Fsp3) is 0.276. The molecule has 3 rings (SSSR count). The minimum atomic E-state index is -0.651. The Kier molecular flexibility index (Phi) is 8.81. The first-order valence-corrected chi connectivity index (χ1v) is 13.1. The van der Waals surface area contributed by atoms with E-state index in [4.69, 9.17) is 0 Å². The third-order valence-electron chi connectivity index (χ3n) is 5.47. The Labute approximate surface area is 231 Å². The first kappa shape index (κ1) is 29.4. The van der Waals surface area contributed by atoms with Crippen molar-refractivity contribution < 1.29 is 19.3 Å². The zero-order chi connectivity index (χ0) is 29.0. The van der Waals surface area contributed by atoms with Gasteiger partial charge in [-0.2, -0.15) is 0 Å². The van der Waals surface area contributed by atoms with Crippen LogP contribution in [-0.2, 0) is 9.59 Å². The molecule has 39 heavy (non-hydrogen) atoms. The van der Waals surface area contributed by atoms with Gasteiger partial charge in [0.05, 0.1) is 4.92 Å². The molecule has 0 aliphatic rings. The molecule has 0 aliphatic carbocycles. The van der Waals surface area contributed by atoms with Crippen molar-refractivity contribution in [3.63, 3.8) is 0 Å². The van der Waals surface area contributed by atoms with Crippen LogP contribution in [0.15, 0.2) is 76.5 Å². The minimum Gasteiger partial charge on any atom is -0.326 e. The number of anilines is 3. The van der Waals surface area contributed by atoms with Crippen molar-refractivity contribution in [2.24, 2.45) is 10.8 Å². The minimum absolute atomic E-state index is 0.0283. The van der Waals surface area contributed by atoms with Crippen molar-refractivity contribution >= 4 is 52.2 Å². The van der Waals surface area contributed by atoms with E-state index in [9.17, 15) is 24.5 Å². The van der Waals surface area contributed by atoms with E-state index in [1.165, 1.54) is 23.9 Å². The topological polar surface area (TPSA) is 130 Å². The van der Waals surface area contributed by atoms with Crippen LogP contribution in [0.5, 0.6) is 0 Å². The molecule has 0 atom stereocenters. The van der Waals surface area contributed by atoms with E-state index in [0.717, 1.165) is 9.79 Å². The van der Waals surface area contributed by atoms with Crippen LogP contribution in [0.1, 0.15) is 51.9 Å². The molecular weight excluding hydrogens is 516 g/mol. The largest absolute Gasteiger partial charge is 0.326 e. The van der Waals surface area contributed by atoms with Crippen LogP contribution in [0.3, 0.4) is 0 Å². The summed E-state index contributed by atoms with van der Waals surface area (Å²) in [4.78, 5) is 50.4. The molecule has 3 amide bonds. The summed E-state index contributed by atoms with van der Waals surface area (Å²) in [5.74, 6) is -0.868. The van der Waals surface area contributed by atoms with Crippen molar-refractivity contribution in [1.82, 2.24) is 0 Å². The predicted octanol–water partition coefficient (Wildman–Crippen LogP) is 6.97. The van der Waals surface area contributed by atoms with Crippen LogP contribution < -0.4 is 16.0 Å². The van der Waals surface area contributed by atoms with Crippen molar-refractivity contribution in [1.29, 1.82) is 0 Å². The van der Waals surface area contributed by atoms with Crippen molar-refractivity contribution in [2.45, 2.75) is 51.3 Å². The summed E-state index contributed by atoms with van der Waals surface area (Å²) < 4.78 is 0. The fourth-order valence-electron chi connectivity index (χ4n) is 3.12. The average molecular weight is 549 g/mol. The van der Waals surface area contributed by atoms with Gasteiger partial charge in [0, 0.05) is 55.4 Å². The monoisotopic (exact) mass is 548 g/mol. The Hall–Kier alpha value is -4.18. The molecule has 0 bridgehead atoms. The van der Waals surface area contributed by atoms with Gasteiger partial charge in [-0.05, 0) is 54.6 Å². The summed E-state index contributed by atoms with van der Waals surface area (Å²) in [7, 11) is 0. The Bertz CT molecular complexity index is 1340. The number of carbonyl (C=O) groups is 3. The summed E-state index contributed by atoms with van der Waals surface area (Å²) in [5, 5.41) is 19.3. The number of rotatable bonds is 7. The molecule has 0 saturated carbocycles. The Balaban J connectivity index is 1.78. The Morgan fingerprint density at radius 3 is 1.51 bits per heavy atom. The second kappa shape index (κ2) is 11.7. The van der Waals surface area contributed by atoms with E-state index in [-0.39, 0.29) is 23.1 Å². The Morgan fingerprint density at radius 1 is 0.667 bits per heavy atom. The number of carbonyl (C=O) groups excluding carboxylic acids is 3. The highest BCUT2D eigenvalue weighted by Crippen LogP contribution is 2.30. The third kappa shape index (κ3) is 8.41. The highest BCUT2D eigenvalue weighted by Gasteiger charge is 2.24. The van der Waals surface area contributed by atoms with Gasteiger partial charge in [-0.15, -0.1) is 0 Å². The van der Waals surface area contributed by atoms with Gasteiger partial charge in [-0.3, -0.25) is 24.5 Å². The molecule has 0 fully saturated rings. The van der Waals surface area contributed by atoms with Crippen LogP contribution in [0.4, 0.5) is 22.7 Å². The number of hydrogen-bond donors (Lipinski definition) is 3. The predicted molar refractivity (Wildman–Crippen MR) is 154 cm³/mol. The van der Waals surface area contributed by atoms with Gasteiger partial charge in [0.25, 0.3) is 11.6 Å². The number of nitro groups is 1. The van der Waals surface area contributed by atoms with E-state index >= 15 is 0 Å². The first-order valence-electron chi connectivity index (χ1n) is 12.2. The molecule has 3 aromatic carbocycles. The summed E-state index contributed by atoms with van der Waals surface area (Å²) in [6, 6.07) is 18.2. The summed E-state index contributed by atoms with van der Waals surface area (Å²) in [6.45, 7) is 10.7. The van der Waals surface area contributed by atoms with Gasteiger partial charge in [0.15, 0.2) is 0 Å². The normalized spacial score (nSPS) is 11.4. The lowest BCUT2D eigenvalue weighted by molar-refractivity contribution is -0.384. The zero-order valence-electron chi connectivity index (χ0n) is 22.7.